The summed E-state index contributed by atoms with van der Waals surface area (Å²) in [6.07, 6.45) is 0.366. The first kappa shape index (κ1) is 17.0. The number of aromatic nitrogens is 4. The third-order valence-electron chi connectivity index (χ3n) is 5.44. The number of thioether (sulfide) groups is 1. The monoisotopic (exact) mass is 365 g/mol. The molecule has 25 heavy (non-hydrogen) atoms. The summed E-state index contributed by atoms with van der Waals surface area (Å²) in [4.78, 5) is 13.2. The molecule has 2 aromatic heterocycles. The number of aliphatic hydroxyl groups is 3. The van der Waals surface area contributed by atoms with E-state index in [0.717, 1.165) is 5.75 Å². The van der Waals surface area contributed by atoms with Crippen LogP contribution in [0, 0.1) is 17.3 Å². The summed E-state index contributed by atoms with van der Waals surface area (Å²) in [5, 5.41) is 31.1. The number of hydrogen-bond acceptors (Lipinski definition) is 8. The molecule has 5 atom stereocenters. The highest BCUT2D eigenvalue weighted by molar-refractivity contribution is 7.99. The zero-order chi connectivity index (χ0) is 17.9. The number of fused-ring (bicyclic) bond motifs is 2. The summed E-state index contributed by atoms with van der Waals surface area (Å²) >= 11 is 1.53. The molecule has 2 aromatic rings. The molecule has 0 saturated heterocycles. The number of aliphatic hydroxyl groups excluding tert-OH is 3. The van der Waals surface area contributed by atoms with E-state index in [1.807, 2.05) is 0 Å². The summed E-state index contributed by atoms with van der Waals surface area (Å²) < 4.78 is 1.79. The topological polar surface area (TPSA) is 130 Å². The molecule has 8 nitrogen and oxygen atoms in total. The molecular weight excluding hydrogens is 342 g/mol. The van der Waals surface area contributed by atoms with Crippen LogP contribution in [0.15, 0.2) is 11.5 Å². The molecular formula is C16H23N5O3S. The molecule has 9 heteroatoms. The van der Waals surface area contributed by atoms with Crippen molar-refractivity contribution in [3.8, 4) is 0 Å². The first-order chi connectivity index (χ1) is 11.9. The first-order valence-corrected chi connectivity index (χ1v) is 9.47. The van der Waals surface area contributed by atoms with E-state index in [1.165, 1.54) is 11.8 Å². The molecule has 2 aliphatic carbocycles. The van der Waals surface area contributed by atoms with Crippen molar-refractivity contribution >= 4 is 28.7 Å². The van der Waals surface area contributed by atoms with Crippen LogP contribution >= 0.6 is 11.8 Å². The van der Waals surface area contributed by atoms with Crippen LogP contribution in [0.1, 0.15) is 26.3 Å². The highest BCUT2D eigenvalue weighted by atomic mass is 32.2. The van der Waals surface area contributed by atoms with Crippen molar-refractivity contribution in [1.29, 1.82) is 0 Å². The maximum absolute atomic E-state index is 10.5. The van der Waals surface area contributed by atoms with Gasteiger partial charge in [-0.05, 0) is 18.3 Å². The molecule has 0 bridgehead atoms. The van der Waals surface area contributed by atoms with E-state index in [9.17, 15) is 15.3 Å². The van der Waals surface area contributed by atoms with Gasteiger partial charge in [-0.1, -0.05) is 25.6 Å². The molecule has 5 N–H and O–H groups in total. The maximum Gasteiger partial charge on any atom is 0.191 e. The van der Waals surface area contributed by atoms with Gasteiger partial charge in [-0.2, -0.15) is 0 Å². The van der Waals surface area contributed by atoms with E-state index in [2.05, 4.69) is 28.8 Å². The molecule has 0 amide bonds. The van der Waals surface area contributed by atoms with Gasteiger partial charge in [0, 0.05) is 11.2 Å². The molecule has 0 radical (unpaired) electrons. The number of nitrogens with two attached hydrogens (primary N) is 1. The van der Waals surface area contributed by atoms with Crippen molar-refractivity contribution in [2.45, 2.75) is 43.7 Å². The molecule has 136 valence electrons. The summed E-state index contributed by atoms with van der Waals surface area (Å²) in [7, 11) is 0. The number of nitrogens with zero attached hydrogens (tertiary/aromatic N) is 4. The molecule has 2 heterocycles. The summed E-state index contributed by atoms with van der Waals surface area (Å²) in [5.74, 6) is 1.69. The molecule has 2 aliphatic rings. The summed E-state index contributed by atoms with van der Waals surface area (Å²) in [6.45, 7) is 4.11. The Balaban J connectivity index is 1.73. The molecule has 4 rings (SSSR count). The molecule has 0 spiro atoms. The minimum Gasteiger partial charge on any atom is -0.396 e. The first-order valence-electron chi connectivity index (χ1n) is 8.49. The average molecular weight is 365 g/mol. The fraction of sp³-hybridized carbons (Fsp3) is 0.688. The van der Waals surface area contributed by atoms with Crippen LogP contribution < -0.4 is 5.73 Å². The fourth-order valence-corrected chi connectivity index (χ4v) is 4.79. The van der Waals surface area contributed by atoms with E-state index < -0.39 is 17.6 Å². The highest BCUT2D eigenvalue weighted by Gasteiger charge is 2.71. The lowest BCUT2D eigenvalue weighted by Gasteiger charge is -2.23. The van der Waals surface area contributed by atoms with Gasteiger partial charge in [0.15, 0.2) is 16.6 Å². The SMILES string of the molecule is CC(C)CSc1nc(N)c2ncn([C@H]3C(O)C(O)[C@]4(CO)C[C@H]34)c2n1. The minimum atomic E-state index is -0.966. The van der Waals surface area contributed by atoms with Crippen molar-refractivity contribution < 1.29 is 15.3 Å². The predicted octanol–water partition coefficient (Wildman–Crippen LogP) is 0.432. The average Bonchev–Trinajstić information content (AvgIpc) is 3.09. The zero-order valence-corrected chi connectivity index (χ0v) is 15.0. The van der Waals surface area contributed by atoms with E-state index >= 15 is 0 Å². The standard InChI is InChI=1S/C16H23N5O3S/c1-7(2)4-25-15-19-13(17)9-14(20-15)21(6-18-9)10-8-3-16(8,5-22)12(24)11(10)23/h6-8,10-12,22-24H,3-5H2,1-2H3,(H2,17,19,20)/t8-,10-,11?,12?,16+/m1/s1. The Hall–Kier alpha value is -1.42. The van der Waals surface area contributed by atoms with Crippen LogP contribution in [0.3, 0.4) is 0 Å². The predicted molar refractivity (Wildman–Crippen MR) is 94.0 cm³/mol. The lowest BCUT2D eigenvalue weighted by Crippen LogP contribution is -2.35. The van der Waals surface area contributed by atoms with Crippen LogP contribution in [-0.2, 0) is 0 Å². The van der Waals surface area contributed by atoms with E-state index in [0.29, 0.717) is 34.5 Å². The largest absolute Gasteiger partial charge is 0.396 e. The van der Waals surface area contributed by atoms with E-state index in [-0.39, 0.29) is 18.6 Å². The van der Waals surface area contributed by atoms with Gasteiger partial charge in [0.1, 0.15) is 11.6 Å². The van der Waals surface area contributed by atoms with Crippen LogP contribution in [0.4, 0.5) is 5.82 Å². The number of hydrogen-bond donors (Lipinski definition) is 4. The molecule has 2 unspecified atom stereocenters. The Morgan fingerprint density at radius 2 is 2.16 bits per heavy atom. The van der Waals surface area contributed by atoms with Gasteiger partial charge in [-0.15, -0.1) is 0 Å². The smallest absolute Gasteiger partial charge is 0.191 e. The van der Waals surface area contributed by atoms with Crippen LogP contribution in [0.5, 0.6) is 0 Å². The molecule has 0 aromatic carbocycles. The van der Waals surface area contributed by atoms with Gasteiger partial charge in [0.2, 0.25) is 0 Å². The number of imidazole rings is 1. The molecule has 2 saturated carbocycles. The third kappa shape index (κ3) is 2.44. The minimum absolute atomic E-state index is 0.00265. The van der Waals surface area contributed by atoms with Gasteiger partial charge in [-0.3, -0.25) is 0 Å². The van der Waals surface area contributed by atoms with Crippen LogP contribution in [0.25, 0.3) is 11.2 Å². The number of rotatable bonds is 5. The van der Waals surface area contributed by atoms with Crippen LogP contribution in [-0.4, -0.2) is 59.4 Å². The molecule has 2 fully saturated rings. The Bertz CT molecular complexity index is 812. The Kier molecular flexibility index (Phi) is 3.95. The van der Waals surface area contributed by atoms with Crippen LogP contribution in [0.2, 0.25) is 0 Å². The van der Waals surface area contributed by atoms with Crippen molar-refractivity contribution in [1.82, 2.24) is 19.5 Å². The van der Waals surface area contributed by atoms with Gasteiger partial charge in [0.05, 0.1) is 25.1 Å². The Morgan fingerprint density at radius 3 is 2.80 bits per heavy atom. The van der Waals surface area contributed by atoms with Crippen molar-refractivity contribution in [3.63, 3.8) is 0 Å². The highest BCUT2D eigenvalue weighted by Crippen LogP contribution is 2.67. The third-order valence-corrected chi connectivity index (χ3v) is 6.72. The molecule has 0 aliphatic heterocycles. The number of anilines is 1. The normalized spacial score (nSPS) is 34.0. The summed E-state index contributed by atoms with van der Waals surface area (Å²) in [5.41, 5.74) is 6.50. The van der Waals surface area contributed by atoms with Gasteiger partial charge in [0.25, 0.3) is 0 Å². The lowest BCUT2D eigenvalue weighted by atomic mass is 10.0. The van der Waals surface area contributed by atoms with Crippen molar-refractivity contribution in [3.05, 3.63) is 6.33 Å². The quantitative estimate of drug-likeness (QED) is 0.443. The summed E-state index contributed by atoms with van der Waals surface area (Å²) in [6, 6.07) is -0.371. The Labute approximate surface area is 149 Å². The maximum atomic E-state index is 10.5. The van der Waals surface area contributed by atoms with Gasteiger partial charge >= 0.3 is 0 Å². The lowest BCUT2D eigenvalue weighted by molar-refractivity contribution is -0.0300. The van der Waals surface area contributed by atoms with Gasteiger partial charge in [-0.25, -0.2) is 15.0 Å². The second kappa shape index (κ2) is 5.80. The van der Waals surface area contributed by atoms with E-state index in [4.69, 9.17) is 5.73 Å². The van der Waals surface area contributed by atoms with E-state index in [1.54, 1.807) is 10.9 Å². The van der Waals surface area contributed by atoms with Crippen molar-refractivity contribution in [2.24, 2.45) is 17.3 Å². The second-order valence-corrected chi connectivity index (χ2v) is 8.54. The Morgan fingerprint density at radius 1 is 1.40 bits per heavy atom. The van der Waals surface area contributed by atoms with Crippen molar-refractivity contribution in [2.75, 3.05) is 18.1 Å². The second-order valence-electron chi connectivity index (χ2n) is 7.55. The fourth-order valence-electron chi connectivity index (χ4n) is 3.99. The van der Waals surface area contributed by atoms with Gasteiger partial charge < -0.3 is 25.6 Å². The number of nitrogen functional groups attached to an aromatic ring is 1. The zero-order valence-electron chi connectivity index (χ0n) is 14.2.